The van der Waals surface area contributed by atoms with E-state index in [1.54, 1.807) is 18.2 Å². The molecule has 1 N–H and O–H groups in total. The number of nitrogens with zero attached hydrogens (tertiary/aromatic N) is 2. The minimum Gasteiger partial charge on any atom is -0.325 e. The van der Waals surface area contributed by atoms with Crippen molar-refractivity contribution in [3.63, 3.8) is 0 Å². The molecule has 0 unspecified atom stereocenters. The molecule has 0 bridgehead atoms. The first-order valence-electron chi connectivity index (χ1n) is 9.15. The smallest absolute Gasteiger partial charge is 0.234 e. The molecule has 1 aromatic heterocycles. The summed E-state index contributed by atoms with van der Waals surface area (Å²) in [5, 5.41) is 4.22. The molecule has 0 radical (unpaired) electrons. The van der Waals surface area contributed by atoms with Gasteiger partial charge >= 0.3 is 0 Å². The molecule has 0 spiro atoms. The number of para-hydroxylation sites is 2. The number of hydrogen-bond donors (Lipinski definition) is 1. The van der Waals surface area contributed by atoms with Crippen LogP contribution in [0.5, 0.6) is 0 Å². The van der Waals surface area contributed by atoms with E-state index < -0.39 is 0 Å². The molecule has 1 amide bonds. The van der Waals surface area contributed by atoms with Crippen LogP contribution in [0.3, 0.4) is 0 Å². The Morgan fingerprint density at radius 1 is 0.897 bits per heavy atom. The molecule has 0 saturated carbocycles. The summed E-state index contributed by atoms with van der Waals surface area (Å²) in [5.41, 5.74) is 4.38. The summed E-state index contributed by atoms with van der Waals surface area (Å²) in [6.45, 7) is 0. The van der Waals surface area contributed by atoms with Crippen molar-refractivity contribution >= 4 is 46.0 Å². The lowest BCUT2D eigenvalue weighted by atomic mass is 10.1. The number of benzene rings is 3. The molecule has 0 aliphatic carbocycles. The van der Waals surface area contributed by atoms with Gasteiger partial charge in [0.05, 0.1) is 22.5 Å². The zero-order chi connectivity index (χ0) is 20.1. The molecular formula is C23H18ClN3OS. The molecule has 1 heterocycles. The Kier molecular flexibility index (Phi) is 6.08. The van der Waals surface area contributed by atoms with Gasteiger partial charge in [0.25, 0.3) is 0 Å². The minimum atomic E-state index is -0.113. The number of thioether (sulfide) groups is 1. The Hall–Kier alpha value is -2.89. The maximum atomic E-state index is 12.4. The Bertz CT molecular complexity index is 1150. The maximum Gasteiger partial charge on any atom is 0.234 e. The lowest BCUT2D eigenvalue weighted by Gasteiger charge is -2.10. The molecule has 4 aromatic rings. The number of aromatic nitrogens is 2. The number of fused-ring (bicyclic) bond motifs is 1. The van der Waals surface area contributed by atoms with Crippen LogP contribution in [-0.4, -0.2) is 21.6 Å². The van der Waals surface area contributed by atoms with E-state index in [0.717, 1.165) is 27.3 Å². The fourth-order valence-corrected chi connectivity index (χ4v) is 3.92. The van der Waals surface area contributed by atoms with Crippen LogP contribution in [0.2, 0.25) is 5.02 Å². The molecule has 6 heteroatoms. The number of carbonyl (C=O) groups is 1. The zero-order valence-electron chi connectivity index (χ0n) is 15.5. The quantitative estimate of drug-likeness (QED) is 0.413. The van der Waals surface area contributed by atoms with Gasteiger partial charge in [-0.15, -0.1) is 0 Å². The second-order valence-electron chi connectivity index (χ2n) is 6.47. The number of hydrogen-bond acceptors (Lipinski definition) is 4. The highest BCUT2D eigenvalue weighted by Gasteiger charge is 2.13. The van der Waals surface area contributed by atoms with Crippen molar-refractivity contribution in [1.29, 1.82) is 0 Å². The van der Waals surface area contributed by atoms with E-state index >= 15 is 0 Å². The van der Waals surface area contributed by atoms with Crippen LogP contribution in [0.25, 0.3) is 11.0 Å². The Labute approximate surface area is 178 Å². The van der Waals surface area contributed by atoms with Crippen LogP contribution in [-0.2, 0) is 11.2 Å². The second-order valence-corrected chi connectivity index (χ2v) is 7.87. The Morgan fingerprint density at radius 2 is 1.62 bits per heavy atom. The number of halogens is 1. The van der Waals surface area contributed by atoms with Crippen molar-refractivity contribution in [3.8, 4) is 0 Å². The fourth-order valence-electron chi connectivity index (χ4n) is 2.94. The van der Waals surface area contributed by atoms with Gasteiger partial charge in [-0.25, -0.2) is 9.97 Å². The average molecular weight is 420 g/mol. The van der Waals surface area contributed by atoms with Gasteiger partial charge in [-0.2, -0.15) is 0 Å². The monoisotopic (exact) mass is 419 g/mol. The number of anilines is 1. The fraction of sp³-hybridized carbons (Fsp3) is 0.0870. The third-order valence-corrected chi connectivity index (χ3v) is 5.51. The lowest BCUT2D eigenvalue weighted by Crippen LogP contribution is -2.14. The molecule has 0 fully saturated rings. The maximum absolute atomic E-state index is 12.4. The van der Waals surface area contributed by atoms with E-state index in [-0.39, 0.29) is 11.7 Å². The summed E-state index contributed by atoms with van der Waals surface area (Å²) in [7, 11) is 0. The highest BCUT2D eigenvalue weighted by atomic mass is 35.5. The van der Waals surface area contributed by atoms with E-state index in [2.05, 4.69) is 17.4 Å². The van der Waals surface area contributed by atoms with E-state index in [4.69, 9.17) is 21.6 Å². The highest BCUT2D eigenvalue weighted by molar-refractivity contribution is 8.00. The van der Waals surface area contributed by atoms with Crippen molar-refractivity contribution in [2.24, 2.45) is 0 Å². The van der Waals surface area contributed by atoms with Crippen LogP contribution in [0, 0.1) is 0 Å². The van der Waals surface area contributed by atoms with Crippen LogP contribution in [0.15, 0.2) is 83.9 Å². The molecule has 0 aliphatic rings. The first-order valence-corrected chi connectivity index (χ1v) is 10.5. The van der Waals surface area contributed by atoms with Gasteiger partial charge in [-0.1, -0.05) is 71.9 Å². The molecule has 0 atom stereocenters. The summed E-state index contributed by atoms with van der Waals surface area (Å²) >= 11 is 7.37. The lowest BCUT2D eigenvalue weighted by molar-refractivity contribution is -0.113. The Balaban J connectivity index is 1.54. The summed E-state index contributed by atoms with van der Waals surface area (Å²) in [6.07, 6.45) is 0.664. The van der Waals surface area contributed by atoms with Crippen LogP contribution in [0.1, 0.15) is 11.3 Å². The van der Waals surface area contributed by atoms with Crippen molar-refractivity contribution in [1.82, 2.24) is 9.97 Å². The molecule has 29 heavy (non-hydrogen) atoms. The van der Waals surface area contributed by atoms with E-state index in [1.165, 1.54) is 11.8 Å². The molecule has 0 saturated heterocycles. The van der Waals surface area contributed by atoms with Crippen molar-refractivity contribution in [2.75, 3.05) is 11.1 Å². The molecule has 4 nitrogen and oxygen atoms in total. The van der Waals surface area contributed by atoms with E-state index in [0.29, 0.717) is 17.1 Å². The topological polar surface area (TPSA) is 54.9 Å². The van der Waals surface area contributed by atoms with Gasteiger partial charge in [0.1, 0.15) is 5.03 Å². The van der Waals surface area contributed by atoms with Gasteiger partial charge in [0, 0.05) is 17.1 Å². The molecule has 0 aliphatic heterocycles. The van der Waals surface area contributed by atoms with Gasteiger partial charge in [-0.05, 0) is 35.9 Å². The van der Waals surface area contributed by atoms with Gasteiger partial charge in [0.15, 0.2) is 0 Å². The van der Waals surface area contributed by atoms with Crippen LogP contribution in [0.4, 0.5) is 5.69 Å². The van der Waals surface area contributed by atoms with Crippen LogP contribution < -0.4 is 5.32 Å². The molecule has 3 aromatic carbocycles. The number of amides is 1. The molecule has 4 rings (SSSR count). The number of nitrogens with one attached hydrogen (secondary N) is 1. The van der Waals surface area contributed by atoms with Gasteiger partial charge in [-0.3, -0.25) is 4.79 Å². The van der Waals surface area contributed by atoms with E-state index in [1.807, 2.05) is 48.5 Å². The summed E-state index contributed by atoms with van der Waals surface area (Å²) < 4.78 is 0. The van der Waals surface area contributed by atoms with Crippen molar-refractivity contribution < 1.29 is 4.79 Å². The minimum absolute atomic E-state index is 0.113. The normalized spacial score (nSPS) is 10.8. The third-order valence-electron chi connectivity index (χ3n) is 4.27. The summed E-state index contributed by atoms with van der Waals surface area (Å²) in [6, 6.07) is 25.0. The molecular weight excluding hydrogens is 402 g/mol. The summed E-state index contributed by atoms with van der Waals surface area (Å²) in [4.78, 5) is 22.0. The predicted octanol–water partition coefficient (Wildman–Crippen LogP) is 5.60. The Morgan fingerprint density at radius 3 is 2.38 bits per heavy atom. The van der Waals surface area contributed by atoms with Gasteiger partial charge in [0.2, 0.25) is 5.91 Å². The predicted molar refractivity (Wildman–Crippen MR) is 120 cm³/mol. The standard InChI is InChI=1S/C23H18ClN3OS/c24-17-9-6-10-18(14-17)25-22(28)15-29-23-21(13-16-7-2-1-3-8-16)26-19-11-4-5-12-20(19)27-23/h1-12,14H,13,15H2,(H,25,28). The third kappa shape index (κ3) is 5.13. The second kappa shape index (κ2) is 9.07. The summed E-state index contributed by atoms with van der Waals surface area (Å²) in [5.74, 6) is 0.124. The first-order chi connectivity index (χ1) is 14.2. The average Bonchev–Trinajstić information content (AvgIpc) is 2.73. The SMILES string of the molecule is O=C(CSc1nc2ccccc2nc1Cc1ccccc1)Nc1cccc(Cl)c1. The van der Waals surface area contributed by atoms with Crippen molar-refractivity contribution in [2.45, 2.75) is 11.4 Å². The van der Waals surface area contributed by atoms with Gasteiger partial charge < -0.3 is 5.32 Å². The number of rotatable bonds is 6. The molecule has 144 valence electrons. The number of carbonyl (C=O) groups excluding carboxylic acids is 1. The van der Waals surface area contributed by atoms with Crippen molar-refractivity contribution in [3.05, 3.63) is 95.1 Å². The highest BCUT2D eigenvalue weighted by Crippen LogP contribution is 2.25. The van der Waals surface area contributed by atoms with E-state index in [9.17, 15) is 4.79 Å². The zero-order valence-corrected chi connectivity index (χ0v) is 17.1. The largest absolute Gasteiger partial charge is 0.325 e. The first kappa shape index (κ1) is 19.4. The van der Waals surface area contributed by atoms with Crippen LogP contribution >= 0.6 is 23.4 Å².